The van der Waals surface area contributed by atoms with E-state index in [0.29, 0.717) is 5.01 Å². The highest BCUT2D eigenvalue weighted by Crippen LogP contribution is 2.28. The Kier molecular flexibility index (Phi) is 3.90. The van der Waals surface area contributed by atoms with Crippen LogP contribution in [0.4, 0.5) is 8.78 Å². The Morgan fingerprint density at radius 2 is 2.11 bits per heavy atom. The SMILES string of the molecule is CC(C)OC(=O)c1cnc(-c2ccc(F)cc2F)s1. The second-order valence-electron chi connectivity index (χ2n) is 4.11. The number of hydrogen-bond acceptors (Lipinski definition) is 4. The van der Waals surface area contributed by atoms with Crippen molar-refractivity contribution in [3.63, 3.8) is 0 Å². The molecule has 0 saturated carbocycles. The summed E-state index contributed by atoms with van der Waals surface area (Å²) in [6.07, 6.45) is 1.09. The van der Waals surface area contributed by atoms with Gasteiger partial charge in [0.2, 0.25) is 0 Å². The molecule has 2 aromatic rings. The van der Waals surface area contributed by atoms with Gasteiger partial charge < -0.3 is 4.74 Å². The van der Waals surface area contributed by atoms with Crippen LogP contribution in [0.2, 0.25) is 0 Å². The molecule has 0 amide bonds. The molecule has 0 spiro atoms. The number of halogens is 2. The summed E-state index contributed by atoms with van der Waals surface area (Å²) in [6, 6.07) is 3.22. The molecule has 100 valence electrons. The first-order valence-electron chi connectivity index (χ1n) is 5.59. The van der Waals surface area contributed by atoms with Crippen LogP contribution in [0.5, 0.6) is 0 Å². The van der Waals surface area contributed by atoms with Gasteiger partial charge in [0.15, 0.2) is 0 Å². The third kappa shape index (κ3) is 3.14. The third-order valence-corrected chi connectivity index (χ3v) is 3.22. The maximum absolute atomic E-state index is 13.6. The van der Waals surface area contributed by atoms with Gasteiger partial charge in [-0.3, -0.25) is 0 Å². The smallest absolute Gasteiger partial charge is 0.350 e. The minimum Gasteiger partial charge on any atom is -0.459 e. The lowest BCUT2D eigenvalue weighted by atomic mass is 10.2. The Hall–Kier alpha value is -1.82. The molecule has 2 rings (SSSR count). The lowest BCUT2D eigenvalue weighted by Gasteiger charge is -2.04. The van der Waals surface area contributed by atoms with E-state index in [1.54, 1.807) is 13.8 Å². The highest BCUT2D eigenvalue weighted by Gasteiger charge is 2.16. The van der Waals surface area contributed by atoms with Crippen LogP contribution >= 0.6 is 11.3 Å². The second-order valence-corrected chi connectivity index (χ2v) is 5.14. The number of ether oxygens (including phenoxy) is 1. The predicted octanol–water partition coefficient (Wildman–Crippen LogP) is 3.65. The number of esters is 1. The molecule has 19 heavy (non-hydrogen) atoms. The first kappa shape index (κ1) is 13.6. The van der Waals surface area contributed by atoms with Gasteiger partial charge in [0.05, 0.1) is 12.3 Å². The molecule has 0 radical (unpaired) electrons. The van der Waals surface area contributed by atoms with Crippen LogP contribution in [0.3, 0.4) is 0 Å². The van der Waals surface area contributed by atoms with Gasteiger partial charge in [-0.05, 0) is 26.0 Å². The summed E-state index contributed by atoms with van der Waals surface area (Å²) < 4.78 is 31.4. The van der Waals surface area contributed by atoms with Gasteiger partial charge >= 0.3 is 5.97 Å². The molecule has 0 bridgehead atoms. The molecule has 0 N–H and O–H groups in total. The van der Waals surface area contributed by atoms with Gasteiger partial charge in [-0.15, -0.1) is 11.3 Å². The minimum absolute atomic E-state index is 0.162. The molecule has 0 aliphatic carbocycles. The van der Waals surface area contributed by atoms with E-state index in [2.05, 4.69) is 4.98 Å². The fourth-order valence-corrected chi connectivity index (χ4v) is 2.25. The normalized spacial score (nSPS) is 10.8. The van der Waals surface area contributed by atoms with Crippen molar-refractivity contribution in [3.05, 3.63) is 40.9 Å². The van der Waals surface area contributed by atoms with Crippen molar-refractivity contribution in [2.75, 3.05) is 0 Å². The zero-order valence-electron chi connectivity index (χ0n) is 10.3. The summed E-state index contributed by atoms with van der Waals surface area (Å²) in [5, 5.41) is 0.313. The predicted molar refractivity (Wildman–Crippen MR) is 68.0 cm³/mol. The lowest BCUT2D eigenvalue weighted by molar-refractivity contribution is 0.0383. The Balaban J connectivity index is 2.28. The number of benzene rings is 1. The minimum atomic E-state index is -0.710. The topological polar surface area (TPSA) is 39.2 Å². The monoisotopic (exact) mass is 283 g/mol. The van der Waals surface area contributed by atoms with Crippen LogP contribution < -0.4 is 0 Å². The standard InChI is InChI=1S/C13H11F2NO2S/c1-7(2)18-13(17)11-6-16-12(19-11)9-4-3-8(14)5-10(9)15/h3-7H,1-2H3. The molecule has 6 heteroatoms. The van der Waals surface area contributed by atoms with Gasteiger partial charge in [-0.25, -0.2) is 18.6 Å². The summed E-state index contributed by atoms with van der Waals surface area (Å²) in [4.78, 5) is 15.9. The average Bonchev–Trinajstić information content (AvgIpc) is 2.77. The van der Waals surface area contributed by atoms with Crippen LogP contribution in [-0.2, 0) is 4.74 Å². The summed E-state index contributed by atoms with van der Waals surface area (Å²) in [5.41, 5.74) is 0.162. The number of hydrogen-bond donors (Lipinski definition) is 0. The van der Waals surface area contributed by atoms with Crippen molar-refractivity contribution in [2.45, 2.75) is 20.0 Å². The fourth-order valence-electron chi connectivity index (χ4n) is 1.43. The summed E-state index contributed by atoms with van der Waals surface area (Å²) in [6.45, 7) is 3.47. The van der Waals surface area contributed by atoms with Crippen LogP contribution in [-0.4, -0.2) is 17.1 Å². The third-order valence-electron chi connectivity index (χ3n) is 2.21. The fraction of sp³-hybridized carbons (Fsp3) is 0.231. The van der Waals surface area contributed by atoms with E-state index < -0.39 is 17.6 Å². The maximum Gasteiger partial charge on any atom is 0.350 e. The zero-order chi connectivity index (χ0) is 14.0. The van der Waals surface area contributed by atoms with Crippen molar-refractivity contribution in [1.82, 2.24) is 4.98 Å². The Morgan fingerprint density at radius 3 is 2.74 bits per heavy atom. The molecular weight excluding hydrogens is 272 g/mol. The molecule has 0 fully saturated rings. The number of carbonyl (C=O) groups excluding carboxylic acids is 1. The first-order valence-corrected chi connectivity index (χ1v) is 6.41. The van der Waals surface area contributed by atoms with E-state index in [1.807, 2.05) is 0 Å². The van der Waals surface area contributed by atoms with Crippen molar-refractivity contribution in [3.8, 4) is 10.6 Å². The molecule has 0 atom stereocenters. The number of thiazole rings is 1. The zero-order valence-corrected chi connectivity index (χ0v) is 11.1. The molecule has 0 aliphatic rings. The van der Waals surface area contributed by atoms with E-state index in [9.17, 15) is 13.6 Å². The Bertz CT molecular complexity index is 610. The molecule has 0 saturated heterocycles. The van der Waals surface area contributed by atoms with E-state index in [1.165, 1.54) is 12.3 Å². The summed E-state index contributed by atoms with van der Waals surface area (Å²) in [7, 11) is 0. The molecule has 0 unspecified atom stereocenters. The van der Waals surface area contributed by atoms with Crippen LogP contribution in [0.15, 0.2) is 24.4 Å². The van der Waals surface area contributed by atoms with Gasteiger partial charge in [-0.1, -0.05) is 0 Å². The van der Waals surface area contributed by atoms with Crippen molar-refractivity contribution < 1.29 is 18.3 Å². The van der Waals surface area contributed by atoms with Crippen molar-refractivity contribution >= 4 is 17.3 Å². The van der Waals surface area contributed by atoms with Crippen LogP contribution in [0.1, 0.15) is 23.5 Å². The van der Waals surface area contributed by atoms with E-state index >= 15 is 0 Å². The average molecular weight is 283 g/mol. The maximum atomic E-state index is 13.6. The van der Waals surface area contributed by atoms with Gasteiger partial charge in [0.25, 0.3) is 0 Å². The molecule has 0 aliphatic heterocycles. The van der Waals surface area contributed by atoms with E-state index in [4.69, 9.17) is 4.74 Å². The number of aromatic nitrogens is 1. The molecule has 1 aromatic carbocycles. The molecule has 1 heterocycles. The van der Waals surface area contributed by atoms with Crippen LogP contribution in [0, 0.1) is 11.6 Å². The van der Waals surface area contributed by atoms with Gasteiger partial charge in [0.1, 0.15) is 21.5 Å². The van der Waals surface area contributed by atoms with Gasteiger partial charge in [-0.2, -0.15) is 0 Å². The Morgan fingerprint density at radius 1 is 1.37 bits per heavy atom. The van der Waals surface area contributed by atoms with Crippen molar-refractivity contribution in [1.29, 1.82) is 0 Å². The summed E-state index contributed by atoms with van der Waals surface area (Å²) >= 11 is 1.01. The number of nitrogens with zero attached hydrogens (tertiary/aromatic N) is 1. The second kappa shape index (κ2) is 5.44. The quantitative estimate of drug-likeness (QED) is 0.807. The lowest BCUT2D eigenvalue weighted by Crippen LogP contribution is -2.09. The van der Waals surface area contributed by atoms with E-state index in [0.717, 1.165) is 23.5 Å². The molecular formula is C13H11F2NO2S. The van der Waals surface area contributed by atoms with Gasteiger partial charge in [0, 0.05) is 11.6 Å². The highest BCUT2D eigenvalue weighted by molar-refractivity contribution is 7.16. The highest BCUT2D eigenvalue weighted by atomic mass is 32.1. The van der Waals surface area contributed by atoms with Crippen LogP contribution in [0.25, 0.3) is 10.6 Å². The Labute approximate surface area is 112 Å². The number of rotatable bonds is 3. The molecule has 1 aromatic heterocycles. The summed E-state index contributed by atoms with van der Waals surface area (Å²) in [5.74, 6) is -1.86. The first-order chi connectivity index (χ1) is 8.97. The molecule has 3 nitrogen and oxygen atoms in total. The van der Waals surface area contributed by atoms with Crippen molar-refractivity contribution in [2.24, 2.45) is 0 Å². The largest absolute Gasteiger partial charge is 0.459 e. The van der Waals surface area contributed by atoms with E-state index in [-0.39, 0.29) is 16.5 Å². The number of carbonyl (C=O) groups is 1.